The van der Waals surface area contributed by atoms with E-state index in [9.17, 15) is 13.2 Å². The average molecular weight is 319 g/mol. The highest BCUT2D eigenvalue weighted by molar-refractivity contribution is 7.91. The summed E-state index contributed by atoms with van der Waals surface area (Å²) in [7, 11) is 1.16. The second-order valence-electron chi connectivity index (χ2n) is 5.94. The van der Waals surface area contributed by atoms with Crippen LogP contribution in [0.15, 0.2) is 0 Å². The molecule has 1 heterocycles. The first-order valence-electron chi connectivity index (χ1n) is 7.70. The summed E-state index contributed by atoms with van der Waals surface area (Å²) in [5.41, 5.74) is 0. The summed E-state index contributed by atoms with van der Waals surface area (Å²) in [6, 6.07) is 0.0848. The first-order valence-corrected chi connectivity index (χ1v) is 9.52. The van der Waals surface area contributed by atoms with E-state index >= 15 is 0 Å². The molecule has 21 heavy (non-hydrogen) atoms. The third-order valence-electron chi connectivity index (χ3n) is 3.86. The lowest BCUT2D eigenvalue weighted by Gasteiger charge is -2.26. The lowest BCUT2D eigenvalue weighted by Crippen LogP contribution is -2.39. The molecule has 0 aromatic carbocycles. The van der Waals surface area contributed by atoms with Gasteiger partial charge in [0.05, 0.1) is 11.5 Å². The minimum absolute atomic E-state index is 0.0491. The van der Waals surface area contributed by atoms with Crippen LogP contribution in [0, 0.1) is 0 Å². The van der Waals surface area contributed by atoms with Gasteiger partial charge in [-0.3, -0.25) is 9.69 Å². The predicted octanol–water partition coefficient (Wildman–Crippen LogP) is -0.0466. The molecule has 1 aliphatic rings. The topological polar surface area (TPSA) is 69.7 Å². The van der Waals surface area contributed by atoms with Crippen LogP contribution in [-0.2, 0) is 14.6 Å². The molecule has 0 aromatic heterocycles. The molecule has 1 rings (SSSR count). The summed E-state index contributed by atoms with van der Waals surface area (Å²) in [6.07, 6.45) is 2.07. The molecule has 0 bridgehead atoms. The zero-order chi connectivity index (χ0) is 15.9. The maximum absolute atomic E-state index is 11.8. The molecule has 1 aliphatic heterocycles. The number of rotatable bonds is 9. The molecule has 0 aromatic rings. The zero-order valence-corrected chi connectivity index (χ0v) is 14.3. The number of carbonyl (C=O) groups is 1. The summed E-state index contributed by atoms with van der Waals surface area (Å²) in [4.78, 5) is 16.0. The maximum Gasteiger partial charge on any atom is 0.221 e. The van der Waals surface area contributed by atoms with Crippen LogP contribution in [0.5, 0.6) is 0 Å². The molecule has 1 N–H and O–H groups in total. The Bertz CT molecular complexity index is 423. The van der Waals surface area contributed by atoms with Crippen molar-refractivity contribution in [3.8, 4) is 0 Å². The molecule has 6 nitrogen and oxygen atoms in total. The van der Waals surface area contributed by atoms with Crippen molar-refractivity contribution in [2.24, 2.45) is 0 Å². The first-order chi connectivity index (χ1) is 9.84. The van der Waals surface area contributed by atoms with Crippen molar-refractivity contribution in [1.29, 1.82) is 0 Å². The molecule has 0 saturated carbocycles. The van der Waals surface area contributed by atoms with Gasteiger partial charge in [0.15, 0.2) is 9.84 Å². The average Bonchev–Trinajstić information content (AvgIpc) is 2.75. The largest absolute Gasteiger partial charge is 0.356 e. The first kappa shape index (κ1) is 18.4. The Hall–Kier alpha value is -0.660. The SMILES string of the molecule is CCN(CCC(=O)NCCCN(C)C)C1CCS(=O)(=O)C1. The smallest absolute Gasteiger partial charge is 0.221 e. The fourth-order valence-electron chi connectivity index (χ4n) is 2.62. The van der Waals surface area contributed by atoms with Crippen molar-refractivity contribution < 1.29 is 13.2 Å². The van der Waals surface area contributed by atoms with Crippen molar-refractivity contribution >= 4 is 15.7 Å². The molecule has 1 atom stereocenters. The van der Waals surface area contributed by atoms with E-state index < -0.39 is 9.84 Å². The van der Waals surface area contributed by atoms with Crippen LogP contribution in [0.1, 0.15) is 26.2 Å². The van der Waals surface area contributed by atoms with Crippen molar-refractivity contribution in [2.75, 3.05) is 51.8 Å². The number of nitrogens with zero attached hydrogens (tertiary/aromatic N) is 2. The number of hydrogen-bond donors (Lipinski definition) is 1. The molecule has 1 saturated heterocycles. The molecule has 7 heteroatoms. The number of hydrogen-bond acceptors (Lipinski definition) is 5. The Labute approximate surface area is 128 Å². The monoisotopic (exact) mass is 319 g/mol. The summed E-state index contributed by atoms with van der Waals surface area (Å²) in [6.45, 7) is 5.09. The maximum atomic E-state index is 11.8. The molecular formula is C14H29N3O3S. The standard InChI is InChI=1S/C14H29N3O3S/c1-4-17(13-7-11-21(19,20)12-13)10-6-14(18)15-8-5-9-16(2)3/h13H,4-12H2,1-3H3,(H,15,18). The van der Waals surface area contributed by atoms with Crippen molar-refractivity contribution in [1.82, 2.24) is 15.1 Å². The molecule has 0 aliphatic carbocycles. The van der Waals surface area contributed by atoms with Gasteiger partial charge in [0.25, 0.3) is 0 Å². The van der Waals surface area contributed by atoms with E-state index in [2.05, 4.69) is 15.1 Å². The number of nitrogens with one attached hydrogen (secondary N) is 1. The molecular weight excluding hydrogens is 290 g/mol. The fourth-order valence-corrected chi connectivity index (χ4v) is 4.38. The van der Waals surface area contributed by atoms with Crippen LogP contribution < -0.4 is 5.32 Å². The third-order valence-corrected chi connectivity index (χ3v) is 5.61. The van der Waals surface area contributed by atoms with Gasteiger partial charge in [-0.25, -0.2) is 8.42 Å². The number of sulfone groups is 1. The summed E-state index contributed by atoms with van der Waals surface area (Å²) >= 11 is 0. The molecule has 124 valence electrons. The lowest BCUT2D eigenvalue weighted by atomic mass is 10.2. The van der Waals surface area contributed by atoms with Gasteiger partial charge in [0.1, 0.15) is 0 Å². The molecule has 1 fully saturated rings. The van der Waals surface area contributed by atoms with Gasteiger partial charge >= 0.3 is 0 Å². The molecule has 0 radical (unpaired) electrons. The van der Waals surface area contributed by atoms with Crippen LogP contribution in [0.25, 0.3) is 0 Å². The number of amides is 1. The van der Waals surface area contributed by atoms with Gasteiger partial charge in [-0.15, -0.1) is 0 Å². The number of carbonyl (C=O) groups excluding carboxylic acids is 1. The Morgan fingerprint density at radius 3 is 2.52 bits per heavy atom. The van der Waals surface area contributed by atoms with E-state index in [-0.39, 0.29) is 23.5 Å². The van der Waals surface area contributed by atoms with Gasteiger partial charge in [0, 0.05) is 25.6 Å². The highest BCUT2D eigenvalue weighted by Gasteiger charge is 2.31. The van der Waals surface area contributed by atoms with Crippen LogP contribution in [0.3, 0.4) is 0 Å². The van der Waals surface area contributed by atoms with Crippen molar-refractivity contribution in [2.45, 2.75) is 32.2 Å². The fraction of sp³-hybridized carbons (Fsp3) is 0.929. The predicted molar refractivity (Wildman–Crippen MR) is 85.1 cm³/mol. The third kappa shape index (κ3) is 7.24. The molecule has 1 amide bonds. The second kappa shape index (κ2) is 8.70. The lowest BCUT2D eigenvalue weighted by molar-refractivity contribution is -0.121. The van der Waals surface area contributed by atoms with Gasteiger partial charge in [-0.05, 0) is 40.0 Å². The van der Waals surface area contributed by atoms with E-state index in [1.54, 1.807) is 0 Å². The quantitative estimate of drug-likeness (QED) is 0.604. The molecule has 0 spiro atoms. The highest BCUT2D eigenvalue weighted by atomic mass is 32.2. The summed E-state index contributed by atoms with van der Waals surface area (Å²) in [5, 5.41) is 2.91. The van der Waals surface area contributed by atoms with Crippen molar-refractivity contribution in [3.63, 3.8) is 0 Å². The van der Waals surface area contributed by atoms with E-state index in [0.29, 0.717) is 25.9 Å². The normalized spacial score (nSPS) is 21.1. The minimum atomic E-state index is -2.86. The van der Waals surface area contributed by atoms with E-state index in [1.165, 1.54) is 0 Å². The van der Waals surface area contributed by atoms with Crippen molar-refractivity contribution in [3.05, 3.63) is 0 Å². The Kier molecular flexibility index (Phi) is 7.62. The molecule has 1 unspecified atom stereocenters. The van der Waals surface area contributed by atoms with E-state index in [1.807, 2.05) is 21.0 Å². The Balaban J connectivity index is 2.24. The Morgan fingerprint density at radius 2 is 2.00 bits per heavy atom. The zero-order valence-electron chi connectivity index (χ0n) is 13.5. The summed E-state index contributed by atoms with van der Waals surface area (Å²) < 4.78 is 23.0. The van der Waals surface area contributed by atoms with Gasteiger partial charge in [0.2, 0.25) is 5.91 Å². The van der Waals surface area contributed by atoms with E-state index in [4.69, 9.17) is 0 Å². The highest BCUT2D eigenvalue weighted by Crippen LogP contribution is 2.17. The van der Waals surface area contributed by atoms with Gasteiger partial charge in [-0.2, -0.15) is 0 Å². The van der Waals surface area contributed by atoms with Gasteiger partial charge in [-0.1, -0.05) is 6.92 Å². The minimum Gasteiger partial charge on any atom is -0.356 e. The van der Waals surface area contributed by atoms with Crippen LogP contribution in [0.4, 0.5) is 0 Å². The summed E-state index contributed by atoms with van der Waals surface area (Å²) in [5.74, 6) is 0.573. The van der Waals surface area contributed by atoms with Crippen LogP contribution in [-0.4, -0.2) is 81.9 Å². The second-order valence-corrected chi connectivity index (χ2v) is 8.17. The van der Waals surface area contributed by atoms with E-state index in [0.717, 1.165) is 19.5 Å². The Morgan fingerprint density at radius 1 is 1.29 bits per heavy atom. The van der Waals surface area contributed by atoms with Crippen LogP contribution >= 0.6 is 0 Å². The van der Waals surface area contributed by atoms with Gasteiger partial charge < -0.3 is 10.2 Å². The van der Waals surface area contributed by atoms with Crippen LogP contribution in [0.2, 0.25) is 0 Å².